The molecule has 0 unspecified atom stereocenters. The average Bonchev–Trinajstić information content (AvgIpc) is 3.01. The van der Waals surface area contributed by atoms with Crippen molar-refractivity contribution in [2.45, 2.75) is 0 Å². The molecule has 0 radical (unpaired) electrons. The first-order chi connectivity index (χ1) is 11.5. The molecule has 118 valence electrons. The topological polar surface area (TPSA) is 70.7 Å². The SMILES string of the molecule is O=C(O)c1cc2cc(-c3cc4ccccc4o3)ccc2c(Br)c1O. The largest absolute Gasteiger partial charge is 0.506 e. The van der Waals surface area contributed by atoms with Gasteiger partial charge in [0.05, 0.1) is 4.47 Å². The molecule has 0 atom stereocenters. The first-order valence-corrected chi connectivity index (χ1v) is 8.01. The molecule has 0 aliphatic carbocycles. The summed E-state index contributed by atoms with van der Waals surface area (Å²) in [5, 5.41) is 21.7. The van der Waals surface area contributed by atoms with E-state index in [-0.39, 0.29) is 11.3 Å². The Labute approximate surface area is 145 Å². The summed E-state index contributed by atoms with van der Waals surface area (Å²) >= 11 is 3.27. The number of rotatable bonds is 2. The van der Waals surface area contributed by atoms with Crippen LogP contribution in [-0.4, -0.2) is 16.2 Å². The number of halogens is 1. The van der Waals surface area contributed by atoms with Gasteiger partial charge in [0.2, 0.25) is 0 Å². The molecule has 2 N–H and O–H groups in total. The van der Waals surface area contributed by atoms with Gasteiger partial charge in [-0.05, 0) is 51.0 Å². The normalized spacial score (nSPS) is 11.2. The number of furan rings is 1. The van der Waals surface area contributed by atoms with Crippen LogP contribution in [0.5, 0.6) is 5.75 Å². The Morgan fingerprint density at radius 1 is 1.00 bits per heavy atom. The van der Waals surface area contributed by atoms with E-state index in [0.717, 1.165) is 21.9 Å². The standard InChI is InChI=1S/C19H11BrO4/c20-17-13-6-5-11(7-12(13)8-14(18(17)21)19(22)23)16-9-10-3-1-2-4-15(10)24-16/h1-9,21H,(H,22,23). The molecule has 0 saturated carbocycles. The van der Waals surface area contributed by atoms with Crippen LogP contribution in [0.3, 0.4) is 0 Å². The van der Waals surface area contributed by atoms with E-state index in [4.69, 9.17) is 4.42 Å². The summed E-state index contributed by atoms with van der Waals surface area (Å²) in [5.41, 5.74) is 1.49. The molecule has 0 saturated heterocycles. The Balaban J connectivity index is 1.94. The fourth-order valence-corrected chi connectivity index (χ4v) is 3.37. The lowest BCUT2D eigenvalue weighted by Gasteiger charge is -2.08. The average molecular weight is 383 g/mol. The fourth-order valence-electron chi connectivity index (χ4n) is 2.79. The monoisotopic (exact) mass is 382 g/mol. The van der Waals surface area contributed by atoms with E-state index in [2.05, 4.69) is 15.9 Å². The molecule has 0 spiro atoms. The maximum atomic E-state index is 11.3. The van der Waals surface area contributed by atoms with Crippen LogP contribution >= 0.6 is 15.9 Å². The Morgan fingerprint density at radius 3 is 2.54 bits per heavy atom. The number of hydrogen-bond donors (Lipinski definition) is 2. The van der Waals surface area contributed by atoms with Gasteiger partial charge in [-0.2, -0.15) is 0 Å². The number of carboxylic acid groups (broad SMARTS) is 1. The van der Waals surface area contributed by atoms with Crippen molar-refractivity contribution >= 4 is 43.6 Å². The zero-order valence-corrected chi connectivity index (χ0v) is 13.9. The van der Waals surface area contributed by atoms with Crippen molar-refractivity contribution < 1.29 is 19.4 Å². The fraction of sp³-hybridized carbons (Fsp3) is 0. The van der Waals surface area contributed by atoms with Crippen molar-refractivity contribution in [2.75, 3.05) is 0 Å². The van der Waals surface area contributed by atoms with Crippen molar-refractivity contribution in [1.82, 2.24) is 0 Å². The van der Waals surface area contributed by atoms with Crippen LogP contribution in [0.4, 0.5) is 0 Å². The zero-order valence-electron chi connectivity index (χ0n) is 12.3. The highest BCUT2D eigenvalue weighted by Crippen LogP contribution is 2.38. The van der Waals surface area contributed by atoms with Gasteiger partial charge in [0, 0.05) is 10.9 Å². The van der Waals surface area contributed by atoms with Crippen LogP contribution in [0, 0.1) is 0 Å². The molecule has 0 fully saturated rings. The predicted molar refractivity (Wildman–Crippen MR) is 95.5 cm³/mol. The third-order valence-corrected chi connectivity index (χ3v) is 4.79. The molecule has 5 heteroatoms. The van der Waals surface area contributed by atoms with Gasteiger partial charge < -0.3 is 14.6 Å². The van der Waals surface area contributed by atoms with E-state index in [0.29, 0.717) is 15.6 Å². The Kier molecular flexibility index (Phi) is 3.32. The highest BCUT2D eigenvalue weighted by molar-refractivity contribution is 9.10. The molecule has 0 bridgehead atoms. The smallest absolute Gasteiger partial charge is 0.339 e. The second kappa shape index (κ2) is 5.39. The van der Waals surface area contributed by atoms with Crippen LogP contribution in [0.1, 0.15) is 10.4 Å². The number of carbonyl (C=O) groups is 1. The number of carboxylic acids is 1. The summed E-state index contributed by atoms with van der Waals surface area (Å²) in [6.07, 6.45) is 0. The number of para-hydroxylation sites is 1. The Morgan fingerprint density at radius 2 is 1.79 bits per heavy atom. The summed E-state index contributed by atoms with van der Waals surface area (Å²) in [4.78, 5) is 11.3. The van der Waals surface area contributed by atoms with Crippen LogP contribution in [0.15, 0.2) is 63.5 Å². The Bertz CT molecular complexity index is 1080. The van der Waals surface area contributed by atoms with Crippen LogP contribution in [0.25, 0.3) is 33.1 Å². The lowest BCUT2D eigenvalue weighted by molar-refractivity contribution is 0.0694. The number of aromatic carboxylic acids is 1. The molecule has 0 amide bonds. The maximum Gasteiger partial charge on any atom is 0.339 e. The number of aromatic hydroxyl groups is 1. The molecule has 24 heavy (non-hydrogen) atoms. The van der Waals surface area contributed by atoms with E-state index < -0.39 is 5.97 Å². The van der Waals surface area contributed by atoms with E-state index in [1.807, 2.05) is 48.5 Å². The number of fused-ring (bicyclic) bond motifs is 2. The predicted octanol–water partition coefficient (Wildman–Crippen LogP) is 5.42. The molecule has 1 aromatic heterocycles. The molecular weight excluding hydrogens is 372 g/mol. The third-order valence-electron chi connectivity index (χ3n) is 3.99. The maximum absolute atomic E-state index is 11.3. The van der Waals surface area contributed by atoms with Gasteiger partial charge in [-0.15, -0.1) is 0 Å². The van der Waals surface area contributed by atoms with Crippen molar-refractivity contribution in [3.05, 3.63) is 64.6 Å². The van der Waals surface area contributed by atoms with E-state index >= 15 is 0 Å². The number of benzene rings is 3. The molecule has 4 nitrogen and oxygen atoms in total. The van der Waals surface area contributed by atoms with Crippen LogP contribution in [-0.2, 0) is 0 Å². The van der Waals surface area contributed by atoms with Crippen molar-refractivity contribution in [1.29, 1.82) is 0 Å². The van der Waals surface area contributed by atoms with Crippen molar-refractivity contribution in [3.63, 3.8) is 0 Å². The zero-order chi connectivity index (χ0) is 16.8. The van der Waals surface area contributed by atoms with E-state index in [9.17, 15) is 15.0 Å². The van der Waals surface area contributed by atoms with Gasteiger partial charge >= 0.3 is 5.97 Å². The van der Waals surface area contributed by atoms with Crippen LogP contribution < -0.4 is 0 Å². The number of hydrogen-bond acceptors (Lipinski definition) is 3. The summed E-state index contributed by atoms with van der Waals surface area (Å²) in [6.45, 7) is 0. The molecule has 4 aromatic rings. The second-order valence-corrected chi connectivity index (χ2v) is 6.27. The molecule has 0 aliphatic rings. The lowest BCUT2D eigenvalue weighted by atomic mass is 10.0. The van der Waals surface area contributed by atoms with Gasteiger partial charge in [-0.25, -0.2) is 4.79 Å². The first-order valence-electron chi connectivity index (χ1n) is 7.22. The lowest BCUT2D eigenvalue weighted by Crippen LogP contribution is -1.97. The van der Waals surface area contributed by atoms with Crippen molar-refractivity contribution in [2.24, 2.45) is 0 Å². The van der Waals surface area contributed by atoms with Gasteiger partial charge in [0.1, 0.15) is 22.7 Å². The minimum Gasteiger partial charge on any atom is -0.506 e. The first kappa shape index (κ1) is 14.8. The minimum absolute atomic E-state index is 0.142. The third kappa shape index (κ3) is 2.25. The summed E-state index contributed by atoms with van der Waals surface area (Å²) in [7, 11) is 0. The number of phenols is 1. The minimum atomic E-state index is -1.18. The van der Waals surface area contributed by atoms with E-state index in [1.165, 1.54) is 6.07 Å². The van der Waals surface area contributed by atoms with E-state index in [1.54, 1.807) is 0 Å². The van der Waals surface area contributed by atoms with Gasteiger partial charge in [-0.1, -0.05) is 30.3 Å². The van der Waals surface area contributed by atoms with Gasteiger partial charge in [-0.3, -0.25) is 0 Å². The molecule has 1 heterocycles. The molecule has 0 aliphatic heterocycles. The van der Waals surface area contributed by atoms with Crippen LogP contribution in [0.2, 0.25) is 0 Å². The molecular formula is C19H11BrO4. The van der Waals surface area contributed by atoms with Gasteiger partial charge in [0.25, 0.3) is 0 Å². The summed E-state index contributed by atoms with van der Waals surface area (Å²) in [6, 6.07) is 16.7. The quantitative estimate of drug-likeness (QED) is 0.485. The Hall–Kier alpha value is -2.79. The molecule has 4 rings (SSSR count). The van der Waals surface area contributed by atoms with Gasteiger partial charge in [0.15, 0.2) is 0 Å². The highest BCUT2D eigenvalue weighted by Gasteiger charge is 2.17. The summed E-state index contributed by atoms with van der Waals surface area (Å²) in [5.74, 6) is -0.741. The summed E-state index contributed by atoms with van der Waals surface area (Å²) < 4.78 is 6.23. The molecule has 3 aromatic carbocycles. The van der Waals surface area contributed by atoms with Crippen molar-refractivity contribution in [3.8, 4) is 17.1 Å². The highest BCUT2D eigenvalue weighted by atomic mass is 79.9. The second-order valence-electron chi connectivity index (χ2n) is 5.48.